The first-order chi connectivity index (χ1) is 20.6. The number of rotatable bonds is 6. The minimum Gasteiger partial charge on any atom is -0.147 e. The summed E-state index contributed by atoms with van der Waals surface area (Å²) in [6.07, 6.45) is 6.97. The van der Waals surface area contributed by atoms with Gasteiger partial charge in [0.15, 0.2) is 0 Å². The third-order valence-electron chi connectivity index (χ3n) is 9.48. The molecule has 0 aliphatic heterocycles. The van der Waals surface area contributed by atoms with Gasteiger partial charge in [-0.3, -0.25) is 0 Å². The van der Waals surface area contributed by atoms with E-state index in [1.165, 1.54) is 44.2 Å². The Bertz CT molecular complexity index is 1930. The van der Waals surface area contributed by atoms with E-state index in [0.717, 1.165) is 12.8 Å². The molecule has 5 aromatic carbocycles. The van der Waals surface area contributed by atoms with Gasteiger partial charge in [0.2, 0.25) is 0 Å². The Kier molecular flexibility index (Phi) is 10.2. The second-order valence-electron chi connectivity index (χ2n) is 12.0. The summed E-state index contributed by atoms with van der Waals surface area (Å²) in [5, 5.41) is 2.67. The maximum atomic E-state index is 2.63. The predicted molar refractivity (Wildman–Crippen MR) is 195 cm³/mol. The molecule has 2 aliphatic rings. The summed E-state index contributed by atoms with van der Waals surface area (Å²) in [6, 6.07) is 41.0. The van der Waals surface area contributed by atoms with Crippen LogP contribution in [0.4, 0.5) is 0 Å². The second kappa shape index (κ2) is 13.8. The zero-order chi connectivity index (χ0) is 28.8. The summed E-state index contributed by atoms with van der Waals surface area (Å²) < 4.78 is 1.25. The predicted octanol–water partition coefficient (Wildman–Crippen LogP) is 12.3. The average molecular weight is 668 g/mol. The van der Waals surface area contributed by atoms with Crippen molar-refractivity contribution in [1.29, 1.82) is 0 Å². The van der Waals surface area contributed by atoms with Crippen molar-refractivity contribution in [2.45, 2.75) is 48.2 Å². The van der Waals surface area contributed by atoms with E-state index in [-0.39, 0.29) is 24.8 Å². The monoisotopic (exact) mass is 666 g/mol. The Labute approximate surface area is 281 Å². The van der Waals surface area contributed by atoms with Gasteiger partial charge in [0, 0.05) is 0 Å². The minimum atomic E-state index is -1.74. The van der Waals surface area contributed by atoms with Gasteiger partial charge in [-0.25, -0.2) is 0 Å². The van der Waals surface area contributed by atoms with Gasteiger partial charge in [0.25, 0.3) is 0 Å². The van der Waals surface area contributed by atoms with Crippen LogP contribution < -0.4 is 0 Å². The molecule has 0 heterocycles. The van der Waals surface area contributed by atoms with E-state index in [0.29, 0.717) is 8.45 Å². The van der Waals surface area contributed by atoms with Crippen LogP contribution >= 0.6 is 24.8 Å². The van der Waals surface area contributed by atoms with Crippen LogP contribution in [-0.2, 0) is 16.6 Å². The van der Waals surface area contributed by atoms with Crippen molar-refractivity contribution in [2.75, 3.05) is 0 Å². The van der Waals surface area contributed by atoms with Crippen molar-refractivity contribution in [3.8, 4) is 22.3 Å². The molecule has 5 aromatic rings. The fourth-order valence-electron chi connectivity index (χ4n) is 7.58. The normalized spacial score (nSPS) is 16.3. The Hall–Kier alpha value is -2.65. The molecule has 2 aliphatic carbocycles. The van der Waals surface area contributed by atoms with Crippen molar-refractivity contribution in [3.63, 3.8) is 0 Å². The smallest absolute Gasteiger partial charge is 0.147 e. The minimum absolute atomic E-state index is 0. The first kappa shape index (κ1) is 32.7. The summed E-state index contributed by atoms with van der Waals surface area (Å²) in [6.45, 7) is 10.0. The number of allylic oxidation sites excluding steroid dienone is 2. The molecule has 4 heteroatoms. The Morgan fingerprint density at radius 2 is 1.05 bits per heavy atom. The number of hydrogen-bond acceptors (Lipinski definition) is 0. The van der Waals surface area contributed by atoms with Gasteiger partial charge in [-0.15, -0.1) is 24.8 Å². The second-order valence-corrected chi connectivity index (χ2v) is 24.3. The zero-order valence-electron chi connectivity index (χ0n) is 25.9. The molecule has 0 radical (unpaired) electrons. The zero-order valence-corrected chi connectivity index (χ0v) is 30.1. The number of halogens is 2. The van der Waals surface area contributed by atoms with Gasteiger partial charge in [0.05, 0.1) is 0 Å². The summed E-state index contributed by atoms with van der Waals surface area (Å²) in [7, 11) is 0. The van der Waals surface area contributed by atoms with E-state index >= 15 is 0 Å². The van der Waals surface area contributed by atoms with Crippen LogP contribution in [0.2, 0.25) is 13.1 Å². The Morgan fingerprint density at radius 3 is 1.66 bits per heavy atom. The molecule has 0 N–H and O–H groups in total. The van der Waals surface area contributed by atoms with Crippen LogP contribution in [0.1, 0.15) is 57.4 Å². The first-order valence-corrected chi connectivity index (χ1v) is 22.1. The summed E-state index contributed by atoms with van der Waals surface area (Å²) in [5.41, 5.74) is 15.1. The van der Waals surface area contributed by atoms with E-state index in [9.17, 15) is 0 Å². The SMILES string of the molecule is CCC1=Cc2c(-c3ccccc3)cccc2[CH]1[Ti]([CH]1C(CC)=Cc2c(-c3cccc4ccccc34)cccc21)=[Si](C)C.Cl.Cl. The molecule has 0 aromatic heterocycles. The maximum absolute atomic E-state index is 2.63. The van der Waals surface area contributed by atoms with E-state index in [1.807, 2.05) is 0 Å². The summed E-state index contributed by atoms with van der Waals surface area (Å²) >= 11 is -1.74. The molecule has 7 rings (SSSR count). The van der Waals surface area contributed by atoms with Crippen molar-refractivity contribution >= 4 is 53.9 Å². The average Bonchev–Trinajstić information content (AvgIpc) is 3.60. The van der Waals surface area contributed by atoms with E-state index in [1.54, 1.807) is 22.3 Å². The van der Waals surface area contributed by atoms with Crippen molar-refractivity contribution in [3.05, 3.63) is 143 Å². The largest absolute Gasteiger partial charge is 0.147 e. The Morgan fingerprint density at radius 1 is 0.545 bits per heavy atom. The fraction of sp³-hybridized carbons (Fsp3) is 0.200. The van der Waals surface area contributed by atoms with E-state index in [4.69, 9.17) is 0 Å². The van der Waals surface area contributed by atoms with Crippen LogP contribution in [-0.4, -0.2) is 6.19 Å². The maximum Gasteiger partial charge on any atom is -0.147 e. The number of hydrogen-bond donors (Lipinski definition) is 0. The molecule has 0 saturated heterocycles. The van der Waals surface area contributed by atoms with Crippen LogP contribution in [0.5, 0.6) is 0 Å². The molecule has 0 spiro atoms. The Balaban J connectivity index is 0.00000192. The van der Waals surface area contributed by atoms with Crippen molar-refractivity contribution in [1.82, 2.24) is 0 Å². The standard InChI is InChI=1S/C21H17.C17H15.C2H6Si.2ClH.Ti/c1-2-15-13-17-9-6-12-20(21(17)14-15)19-11-5-8-16-7-3-4-10-18(16)19;1-2-13-11-15-9-6-10-16(17(15)12-13)14-7-4-3-5-8-14;1-3-2;;;/h3-14H,2H2,1H3;3-12H,2H2,1H3;1-2H3;2*1H;. The van der Waals surface area contributed by atoms with Crippen LogP contribution in [0.15, 0.2) is 120 Å². The number of fused-ring (bicyclic) bond motifs is 3. The van der Waals surface area contributed by atoms with E-state index in [2.05, 4.69) is 148 Å². The topological polar surface area (TPSA) is 0 Å². The molecule has 2 atom stereocenters. The molecule has 0 nitrogen and oxygen atoms in total. The molecular formula is C40H40Cl2SiTi. The fourth-order valence-corrected chi connectivity index (χ4v) is 21.5. The van der Waals surface area contributed by atoms with Crippen LogP contribution in [0, 0.1) is 0 Å². The third-order valence-corrected chi connectivity index (χ3v) is 22.5. The number of benzene rings is 5. The van der Waals surface area contributed by atoms with Crippen molar-refractivity contribution < 1.29 is 16.6 Å². The van der Waals surface area contributed by atoms with Gasteiger partial charge >= 0.3 is 259 Å². The van der Waals surface area contributed by atoms with Gasteiger partial charge in [0.1, 0.15) is 0 Å². The van der Waals surface area contributed by atoms with Gasteiger partial charge in [-0.1, -0.05) is 0 Å². The molecule has 0 saturated carbocycles. The molecule has 2 unspecified atom stereocenters. The molecule has 44 heavy (non-hydrogen) atoms. The quantitative estimate of drug-likeness (QED) is 0.158. The molecule has 0 fully saturated rings. The summed E-state index contributed by atoms with van der Waals surface area (Å²) in [4.78, 5) is 0. The van der Waals surface area contributed by atoms with Gasteiger partial charge in [-0.2, -0.15) is 0 Å². The van der Waals surface area contributed by atoms with Crippen molar-refractivity contribution in [2.24, 2.45) is 0 Å². The summed E-state index contributed by atoms with van der Waals surface area (Å²) in [5.74, 6) is 0. The molecule has 222 valence electrons. The third kappa shape index (κ3) is 5.52. The van der Waals surface area contributed by atoms with E-state index < -0.39 is 22.8 Å². The molecule has 0 bridgehead atoms. The van der Waals surface area contributed by atoms with Crippen LogP contribution in [0.25, 0.3) is 45.2 Å². The van der Waals surface area contributed by atoms with Crippen LogP contribution in [0.3, 0.4) is 0 Å². The molecular weight excluding hydrogens is 627 g/mol. The van der Waals surface area contributed by atoms with Gasteiger partial charge in [-0.05, 0) is 0 Å². The molecule has 0 amide bonds. The first-order valence-electron chi connectivity index (χ1n) is 15.5. The van der Waals surface area contributed by atoms with Gasteiger partial charge < -0.3 is 0 Å².